The summed E-state index contributed by atoms with van der Waals surface area (Å²) in [5.41, 5.74) is 2.05. The summed E-state index contributed by atoms with van der Waals surface area (Å²) in [5, 5.41) is 0. The summed E-state index contributed by atoms with van der Waals surface area (Å²) in [7, 11) is 0. The van der Waals surface area contributed by atoms with Crippen LogP contribution in [0, 0.1) is 5.92 Å². The van der Waals surface area contributed by atoms with E-state index in [4.69, 9.17) is 4.74 Å². The molecule has 0 aliphatic heterocycles. The van der Waals surface area contributed by atoms with Crippen molar-refractivity contribution in [1.82, 2.24) is 0 Å². The van der Waals surface area contributed by atoms with Crippen molar-refractivity contribution in [3.05, 3.63) is 84.6 Å². The first-order chi connectivity index (χ1) is 9.38. The second-order valence-electron chi connectivity index (χ2n) is 5.03. The minimum Gasteiger partial charge on any atom is -0.486 e. The van der Waals surface area contributed by atoms with Gasteiger partial charge in [0.25, 0.3) is 0 Å². The smallest absolute Gasteiger partial charge is 0.161 e. The van der Waals surface area contributed by atoms with Crippen LogP contribution in [0.2, 0.25) is 0 Å². The zero-order chi connectivity index (χ0) is 13.1. The van der Waals surface area contributed by atoms with Crippen LogP contribution in [0.4, 0.5) is 0 Å². The van der Waals surface area contributed by atoms with Gasteiger partial charge in [0.1, 0.15) is 0 Å². The van der Waals surface area contributed by atoms with Gasteiger partial charge in [0.05, 0.1) is 6.26 Å². The number of hydrogen-bond donors (Lipinski definition) is 0. The summed E-state index contributed by atoms with van der Waals surface area (Å²) in [6.07, 6.45) is 3.99. The molecule has 3 rings (SSSR count). The standard InChI is InChI=1S/C18H18O/c1-2-19-18(17-13-14-17,15-9-5-3-6-10-15)16-11-7-4-8-12-16/h2-12,17H,1,13-14H2. The van der Waals surface area contributed by atoms with E-state index in [-0.39, 0.29) is 5.60 Å². The lowest BCUT2D eigenvalue weighted by atomic mass is 9.82. The maximum Gasteiger partial charge on any atom is 0.161 e. The molecule has 0 spiro atoms. The van der Waals surface area contributed by atoms with Gasteiger partial charge in [-0.2, -0.15) is 0 Å². The van der Waals surface area contributed by atoms with Crippen molar-refractivity contribution in [1.29, 1.82) is 0 Å². The van der Waals surface area contributed by atoms with Gasteiger partial charge in [0.2, 0.25) is 0 Å². The van der Waals surface area contributed by atoms with E-state index >= 15 is 0 Å². The Morgan fingerprint density at radius 3 is 1.74 bits per heavy atom. The molecule has 19 heavy (non-hydrogen) atoms. The first-order valence-electron chi connectivity index (χ1n) is 6.77. The third kappa shape index (κ3) is 2.06. The first-order valence-corrected chi connectivity index (χ1v) is 6.77. The Balaban J connectivity index is 2.17. The molecule has 1 saturated carbocycles. The first kappa shape index (κ1) is 12.0. The van der Waals surface area contributed by atoms with Gasteiger partial charge in [0.15, 0.2) is 5.60 Å². The Kier molecular flexibility index (Phi) is 3.12. The number of benzene rings is 2. The highest BCUT2D eigenvalue weighted by molar-refractivity contribution is 5.39. The quantitative estimate of drug-likeness (QED) is 0.710. The molecule has 0 radical (unpaired) electrons. The summed E-state index contributed by atoms with van der Waals surface area (Å²) < 4.78 is 6.09. The summed E-state index contributed by atoms with van der Waals surface area (Å²) in [5.74, 6) is 0.537. The average Bonchev–Trinajstić information content (AvgIpc) is 3.32. The molecule has 1 aliphatic rings. The number of rotatable bonds is 5. The Morgan fingerprint density at radius 1 is 0.895 bits per heavy atom. The molecule has 0 N–H and O–H groups in total. The van der Waals surface area contributed by atoms with Crippen LogP contribution in [-0.2, 0) is 10.3 Å². The summed E-state index contributed by atoms with van der Waals surface area (Å²) in [6.45, 7) is 3.78. The van der Waals surface area contributed by atoms with Crippen LogP contribution >= 0.6 is 0 Å². The molecule has 1 heteroatoms. The van der Waals surface area contributed by atoms with E-state index in [9.17, 15) is 0 Å². The molecule has 0 bridgehead atoms. The van der Waals surface area contributed by atoms with Gasteiger partial charge in [-0.1, -0.05) is 67.2 Å². The van der Waals surface area contributed by atoms with E-state index < -0.39 is 0 Å². The van der Waals surface area contributed by atoms with E-state index in [1.807, 2.05) is 12.1 Å². The van der Waals surface area contributed by atoms with Crippen LogP contribution in [0.25, 0.3) is 0 Å². The summed E-state index contributed by atoms with van der Waals surface area (Å²) in [4.78, 5) is 0. The zero-order valence-corrected chi connectivity index (χ0v) is 11.0. The predicted molar refractivity (Wildman–Crippen MR) is 77.7 cm³/mol. The summed E-state index contributed by atoms with van der Waals surface area (Å²) in [6, 6.07) is 21.0. The second kappa shape index (κ2) is 4.93. The van der Waals surface area contributed by atoms with Crippen LogP contribution < -0.4 is 0 Å². The number of ether oxygens (including phenoxy) is 1. The van der Waals surface area contributed by atoms with E-state index in [0.717, 1.165) is 0 Å². The van der Waals surface area contributed by atoms with Gasteiger partial charge in [-0.3, -0.25) is 0 Å². The molecule has 96 valence electrons. The van der Waals surface area contributed by atoms with E-state index in [1.54, 1.807) is 6.26 Å². The van der Waals surface area contributed by atoms with E-state index in [0.29, 0.717) is 5.92 Å². The highest BCUT2D eigenvalue weighted by atomic mass is 16.5. The fourth-order valence-corrected chi connectivity index (χ4v) is 2.86. The molecule has 1 nitrogen and oxygen atoms in total. The SMILES string of the molecule is C=COC(c1ccccc1)(c1ccccc1)C1CC1. The molecule has 0 aromatic heterocycles. The van der Waals surface area contributed by atoms with Crippen molar-refractivity contribution in [3.8, 4) is 0 Å². The fourth-order valence-electron chi connectivity index (χ4n) is 2.86. The maximum absolute atomic E-state index is 6.09. The van der Waals surface area contributed by atoms with E-state index in [2.05, 4.69) is 55.1 Å². The topological polar surface area (TPSA) is 9.23 Å². The monoisotopic (exact) mass is 250 g/mol. The van der Waals surface area contributed by atoms with Gasteiger partial charge in [0, 0.05) is 17.0 Å². The lowest BCUT2D eigenvalue weighted by Crippen LogP contribution is -2.32. The molecule has 1 aliphatic carbocycles. The minimum atomic E-state index is -0.371. The van der Waals surface area contributed by atoms with Crippen molar-refractivity contribution in [2.45, 2.75) is 18.4 Å². The zero-order valence-electron chi connectivity index (χ0n) is 11.0. The molecule has 0 heterocycles. The Morgan fingerprint density at radius 2 is 1.37 bits per heavy atom. The molecule has 0 amide bonds. The predicted octanol–water partition coefficient (Wildman–Crippen LogP) is 4.50. The van der Waals surface area contributed by atoms with Gasteiger partial charge in [-0.05, 0) is 12.8 Å². The third-order valence-electron chi connectivity index (χ3n) is 3.83. The highest BCUT2D eigenvalue weighted by Gasteiger charge is 2.49. The van der Waals surface area contributed by atoms with Crippen LogP contribution in [0.15, 0.2) is 73.5 Å². The normalized spacial score (nSPS) is 14.9. The van der Waals surface area contributed by atoms with Gasteiger partial charge >= 0.3 is 0 Å². The van der Waals surface area contributed by atoms with Gasteiger partial charge in [-0.25, -0.2) is 0 Å². The van der Waals surface area contributed by atoms with Crippen molar-refractivity contribution in [3.63, 3.8) is 0 Å². The van der Waals surface area contributed by atoms with Crippen molar-refractivity contribution >= 4 is 0 Å². The Hall–Kier alpha value is -2.02. The number of hydrogen-bond acceptors (Lipinski definition) is 1. The van der Waals surface area contributed by atoms with Gasteiger partial charge in [-0.15, -0.1) is 0 Å². The second-order valence-corrected chi connectivity index (χ2v) is 5.03. The van der Waals surface area contributed by atoms with Gasteiger partial charge < -0.3 is 4.74 Å². The molecular formula is C18H18O. The minimum absolute atomic E-state index is 0.371. The van der Waals surface area contributed by atoms with Crippen LogP contribution in [0.1, 0.15) is 24.0 Å². The van der Waals surface area contributed by atoms with Crippen LogP contribution in [-0.4, -0.2) is 0 Å². The Bertz CT molecular complexity index is 501. The highest BCUT2D eigenvalue weighted by Crippen LogP contribution is 2.52. The molecule has 2 aromatic rings. The Labute approximate surface area is 114 Å². The molecule has 0 saturated heterocycles. The molecular weight excluding hydrogens is 232 g/mol. The maximum atomic E-state index is 6.09. The van der Waals surface area contributed by atoms with Crippen LogP contribution in [0.3, 0.4) is 0 Å². The largest absolute Gasteiger partial charge is 0.486 e. The van der Waals surface area contributed by atoms with Crippen molar-refractivity contribution < 1.29 is 4.74 Å². The molecule has 0 atom stereocenters. The van der Waals surface area contributed by atoms with Crippen molar-refractivity contribution in [2.75, 3.05) is 0 Å². The average molecular weight is 250 g/mol. The molecule has 2 aromatic carbocycles. The lowest BCUT2D eigenvalue weighted by molar-refractivity contribution is 0.0364. The summed E-state index contributed by atoms with van der Waals surface area (Å²) >= 11 is 0. The molecule has 0 unspecified atom stereocenters. The third-order valence-corrected chi connectivity index (χ3v) is 3.83. The van der Waals surface area contributed by atoms with Crippen molar-refractivity contribution in [2.24, 2.45) is 5.92 Å². The molecule has 1 fully saturated rings. The lowest BCUT2D eigenvalue weighted by Gasteiger charge is -2.34. The van der Waals surface area contributed by atoms with E-state index in [1.165, 1.54) is 24.0 Å². The fraction of sp³-hybridized carbons (Fsp3) is 0.222. The van der Waals surface area contributed by atoms with Crippen LogP contribution in [0.5, 0.6) is 0 Å².